The summed E-state index contributed by atoms with van der Waals surface area (Å²) in [4.78, 5) is 67.8. The monoisotopic (exact) mass is 876 g/mol. The van der Waals surface area contributed by atoms with Crippen LogP contribution in [-0.2, 0) is 34.5 Å². The quantitative estimate of drug-likeness (QED) is 0.202. The van der Waals surface area contributed by atoms with Crippen LogP contribution in [-0.4, -0.2) is 103 Å². The molecule has 17 heteroatoms. The van der Waals surface area contributed by atoms with Gasteiger partial charge < -0.3 is 19.1 Å². The molecular weight excluding hydrogens is 823 g/mol. The first-order chi connectivity index (χ1) is 30.7. The lowest BCUT2D eigenvalue weighted by atomic mass is 9.89. The van der Waals surface area contributed by atoms with E-state index in [2.05, 4.69) is 58.1 Å². The molecule has 3 saturated heterocycles. The molecule has 2 aromatic carbocycles. The number of aromatic nitrogens is 5. The van der Waals surface area contributed by atoms with Crippen LogP contribution in [0.4, 0.5) is 20.4 Å². The van der Waals surface area contributed by atoms with E-state index in [1.54, 1.807) is 23.0 Å². The zero-order valence-electron chi connectivity index (χ0n) is 36.9. The number of nitrogens with zero attached hydrogens (tertiary/aromatic N) is 8. The van der Waals surface area contributed by atoms with Gasteiger partial charge in [0.2, 0.25) is 29.5 Å². The second-order valence-electron chi connectivity index (χ2n) is 18.2. The molecule has 3 fully saturated rings. The summed E-state index contributed by atoms with van der Waals surface area (Å²) < 4.78 is 40.8. The van der Waals surface area contributed by atoms with Gasteiger partial charge in [-0.05, 0) is 94.3 Å². The number of imidazole rings is 1. The van der Waals surface area contributed by atoms with Crippen molar-refractivity contribution in [3.8, 4) is 17.1 Å². The average Bonchev–Trinajstić information content (AvgIpc) is 3.98. The minimum atomic E-state index is -1.07. The second-order valence-corrected chi connectivity index (χ2v) is 18.2. The topological polar surface area (TPSA) is 160 Å². The van der Waals surface area contributed by atoms with E-state index >= 15 is 8.78 Å². The molecule has 0 unspecified atom stereocenters. The van der Waals surface area contributed by atoms with Gasteiger partial charge in [0.05, 0.1) is 46.9 Å². The number of fused-ring (bicyclic) bond motifs is 7. The van der Waals surface area contributed by atoms with Crippen LogP contribution in [0.15, 0.2) is 48.7 Å². The first-order valence-electron chi connectivity index (χ1n) is 22.3. The number of hydrogen-bond donors (Lipinski definition) is 2. The molecule has 0 aliphatic carbocycles. The van der Waals surface area contributed by atoms with Crippen molar-refractivity contribution in [3.05, 3.63) is 82.7 Å². The van der Waals surface area contributed by atoms with E-state index in [-0.39, 0.29) is 54.1 Å². The fraction of sp³-hybridized carbons (Fsp3) is 0.468. The summed E-state index contributed by atoms with van der Waals surface area (Å²) >= 11 is 0. The third kappa shape index (κ3) is 8.44. The van der Waals surface area contributed by atoms with E-state index in [1.807, 2.05) is 29.8 Å². The van der Waals surface area contributed by atoms with Crippen molar-refractivity contribution < 1.29 is 32.7 Å². The number of amides is 4. The Bertz CT molecular complexity index is 2640. The maximum Gasteiger partial charge on any atom is 0.258 e. The van der Waals surface area contributed by atoms with Crippen molar-refractivity contribution in [2.75, 3.05) is 43.0 Å². The number of aryl methyl sites for hydroxylation is 2. The van der Waals surface area contributed by atoms with Crippen LogP contribution in [0.5, 0.6) is 5.88 Å². The van der Waals surface area contributed by atoms with Crippen LogP contribution in [0.25, 0.3) is 22.3 Å². The van der Waals surface area contributed by atoms with Crippen molar-refractivity contribution >= 4 is 46.3 Å². The normalized spacial score (nSPS) is 23.5. The highest BCUT2D eigenvalue weighted by Crippen LogP contribution is 2.36. The number of carbonyl (C=O) groups excluding carboxylic acids is 4. The number of piperazine rings is 1. The number of nitrogens with one attached hydrogen (secondary N) is 2. The van der Waals surface area contributed by atoms with Crippen molar-refractivity contribution in [1.82, 2.24) is 39.4 Å². The highest BCUT2D eigenvalue weighted by atomic mass is 19.1. The summed E-state index contributed by atoms with van der Waals surface area (Å²) in [5.41, 5.74) is 5.27. The molecular formula is C47H54F2N10O5. The molecule has 4 aliphatic rings. The first kappa shape index (κ1) is 43.0. The van der Waals surface area contributed by atoms with Crippen LogP contribution in [0.1, 0.15) is 86.0 Å². The Labute approximate surface area is 370 Å². The summed E-state index contributed by atoms with van der Waals surface area (Å²) in [5, 5.41) is 9.69. The molecule has 2 N–H and O–H groups in total. The standard InChI is InChI=1S/C47H54F2N10O5/c1-26-7-6-14-64-46-35(20-50-55(46)5)39-17-32(15-27(2)51-39)43(61)54-47-52-38-10-8-30(16-40(38)59(47)21-26)24-57-22-29(4)58(23-28(57)3)45(63)31-12-13-56(25-31)33-18-36(48)42(37(49)19-33)34-9-11-41(60)53-44(34)62/h8,10,15-20,26,28-29,31,34H,6-7,9,11-14,21-25H2,1-5H3,(H,52,54,61)(H,53,60,62)/t26-,28+,29-,31-,34-/m1/s1. The Balaban J connectivity index is 0.881. The Kier molecular flexibility index (Phi) is 11.7. The molecule has 0 saturated carbocycles. The highest BCUT2D eigenvalue weighted by Gasteiger charge is 2.39. The van der Waals surface area contributed by atoms with Crippen molar-refractivity contribution in [3.63, 3.8) is 0 Å². The van der Waals surface area contributed by atoms with Crippen LogP contribution >= 0.6 is 0 Å². The first-order valence-corrected chi connectivity index (χ1v) is 22.3. The third-order valence-corrected chi connectivity index (χ3v) is 13.3. The molecule has 5 aromatic rings. The molecule has 5 atom stereocenters. The zero-order valence-corrected chi connectivity index (χ0v) is 36.9. The fourth-order valence-corrected chi connectivity index (χ4v) is 9.88. The number of benzene rings is 2. The van der Waals surface area contributed by atoms with E-state index in [9.17, 15) is 19.2 Å². The number of ether oxygens (including phenoxy) is 1. The SMILES string of the molecule is Cc1cc2cc(n1)-c1cnn(C)c1OCCC[C@@H](C)Cn1c(nc3ccc(CN4C[C@@H](C)N(C(=O)[C@@H]5CCN(c6cc(F)c([C@H]7CCC(=O)NC7=O)c(F)c6)C5)C[C@@H]4C)cc31)NC2=O. The lowest BCUT2D eigenvalue weighted by Crippen LogP contribution is -2.58. The van der Waals surface area contributed by atoms with Gasteiger partial charge in [-0.15, -0.1) is 0 Å². The number of carbonyl (C=O) groups is 4. The van der Waals surface area contributed by atoms with Gasteiger partial charge in [-0.2, -0.15) is 5.10 Å². The second kappa shape index (κ2) is 17.4. The molecule has 15 nitrogen and oxygen atoms in total. The molecule has 0 radical (unpaired) electrons. The molecule has 9 rings (SSSR count). The lowest BCUT2D eigenvalue weighted by molar-refractivity contribution is -0.141. The van der Waals surface area contributed by atoms with E-state index in [1.165, 1.54) is 12.1 Å². The van der Waals surface area contributed by atoms with E-state index in [4.69, 9.17) is 14.7 Å². The Morgan fingerprint density at radius 3 is 2.48 bits per heavy atom. The van der Waals surface area contributed by atoms with Gasteiger partial charge in [-0.1, -0.05) is 13.0 Å². The predicted molar refractivity (Wildman–Crippen MR) is 236 cm³/mol. The largest absolute Gasteiger partial charge is 0.477 e. The maximum atomic E-state index is 15.4. The van der Waals surface area contributed by atoms with Crippen LogP contribution < -0.4 is 20.3 Å². The summed E-state index contributed by atoms with van der Waals surface area (Å²) in [6.45, 7) is 12.0. The molecule has 336 valence electrons. The summed E-state index contributed by atoms with van der Waals surface area (Å²) in [6.07, 6.45) is 4.04. The number of pyridine rings is 1. The van der Waals surface area contributed by atoms with Crippen LogP contribution in [0.2, 0.25) is 0 Å². The minimum absolute atomic E-state index is 0.0181. The van der Waals surface area contributed by atoms with Crippen LogP contribution in [0.3, 0.4) is 0 Å². The molecule has 0 spiro atoms. The molecule has 7 heterocycles. The van der Waals surface area contributed by atoms with E-state index < -0.39 is 29.4 Å². The smallest absolute Gasteiger partial charge is 0.258 e. The van der Waals surface area contributed by atoms with Gasteiger partial charge in [0.15, 0.2) is 0 Å². The third-order valence-electron chi connectivity index (χ3n) is 13.3. The van der Waals surface area contributed by atoms with E-state index in [0.717, 1.165) is 35.0 Å². The molecule has 64 heavy (non-hydrogen) atoms. The summed E-state index contributed by atoms with van der Waals surface area (Å²) in [7, 11) is 1.83. The van der Waals surface area contributed by atoms with Gasteiger partial charge in [0.1, 0.15) is 11.6 Å². The predicted octanol–water partition coefficient (Wildman–Crippen LogP) is 5.95. The van der Waals surface area contributed by atoms with E-state index in [0.29, 0.717) is 86.8 Å². The lowest BCUT2D eigenvalue weighted by Gasteiger charge is -2.45. The number of halogens is 2. The highest BCUT2D eigenvalue weighted by molar-refractivity contribution is 6.05. The average molecular weight is 877 g/mol. The van der Waals surface area contributed by atoms with Crippen molar-refractivity contribution in [2.24, 2.45) is 18.9 Å². The Morgan fingerprint density at radius 1 is 0.906 bits per heavy atom. The molecule has 4 amide bonds. The summed E-state index contributed by atoms with van der Waals surface area (Å²) in [5.74, 6) is -3.14. The number of imide groups is 1. The fourth-order valence-electron chi connectivity index (χ4n) is 9.88. The van der Waals surface area contributed by atoms with Gasteiger partial charge in [0.25, 0.3) is 5.91 Å². The van der Waals surface area contributed by atoms with Gasteiger partial charge >= 0.3 is 0 Å². The molecule has 4 aliphatic heterocycles. The molecule has 3 aromatic heterocycles. The Morgan fingerprint density at radius 2 is 1.70 bits per heavy atom. The van der Waals surface area contributed by atoms with Crippen molar-refractivity contribution in [1.29, 1.82) is 0 Å². The molecule has 2 bridgehead atoms. The zero-order chi connectivity index (χ0) is 45.0. The van der Waals surface area contributed by atoms with Crippen molar-refractivity contribution in [2.45, 2.75) is 90.9 Å². The summed E-state index contributed by atoms with van der Waals surface area (Å²) in [6, 6.07) is 12.2. The number of hydrogen-bond acceptors (Lipinski definition) is 10. The minimum Gasteiger partial charge on any atom is -0.477 e. The number of anilines is 2. The number of piperidine rings is 1. The Hall–Kier alpha value is -6.23. The van der Waals surface area contributed by atoms with Gasteiger partial charge in [-0.3, -0.25) is 39.7 Å². The van der Waals surface area contributed by atoms with Crippen LogP contribution in [0, 0.1) is 30.4 Å². The van der Waals surface area contributed by atoms with Gasteiger partial charge in [-0.25, -0.2) is 18.4 Å². The number of rotatable bonds is 5. The van der Waals surface area contributed by atoms with Gasteiger partial charge in [0, 0.05) is 87.3 Å². The maximum absolute atomic E-state index is 15.4.